The van der Waals surface area contributed by atoms with Crippen LogP contribution in [0.3, 0.4) is 0 Å². The van der Waals surface area contributed by atoms with Crippen LogP contribution >= 0.6 is 11.3 Å². The van der Waals surface area contributed by atoms with Crippen molar-refractivity contribution in [3.63, 3.8) is 0 Å². The highest BCUT2D eigenvalue weighted by Gasteiger charge is 2.39. The fourth-order valence-corrected chi connectivity index (χ4v) is 22.2. The number of anilines is 6. The molecule has 622 valence electrons. The highest BCUT2D eigenvalue weighted by Crippen LogP contribution is 2.60. The van der Waals surface area contributed by atoms with Gasteiger partial charge in [-0.3, -0.25) is 9.88 Å². The predicted molar refractivity (Wildman–Crippen MR) is 555 cm³/mol. The van der Waals surface area contributed by atoms with Crippen LogP contribution in [-0.4, -0.2) is 19.1 Å². The van der Waals surface area contributed by atoms with E-state index in [0.29, 0.717) is 0 Å². The van der Waals surface area contributed by atoms with Crippen LogP contribution in [-0.2, 0) is 5.41 Å². The van der Waals surface area contributed by atoms with Crippen molar-refractivity contribution in [3.05, 3.63) is 497 Å². The van der Waals surface area contributed by atoms with E-state index in [1.807, 2.05) is 42.1 Å². The molecule has 132 heavy (non-hydrogen) atoms. The summed E-state index contributed by atoms with van der Waals surface area (Å²) in [5.74, 6) is 0.869. The minimum absolute atomic E-state index is 0.267. The number of thiophene rings is 1. The zero-order valence-electron chi connectivity index (χ0n) is 72.8. The van der Waals surface area contributed by atoms with Crippen LogP contribution in [0, 0.1) is 0 Å². The third-order valence-electron chi connectivity index (χ3n) is 26.7. The number of fused-ring (bicyclic) bond motifs is 20. The molecule has 0 spiro atoms. The van der Waals surface area contributed by atoms with Crippen LogP contribution in [0.4, 0.5) is 34.3 Å². The van der Waals surface area contributed by atoms with Crippen molar-refractivity contribution in [3.8, 4) is 144 Å². The first-order valence-electron chi connectivity index (χ1n) is 45.2. The summed E-state index contributed by atoms with van der Waals surface area (Å²) in [6.07, 6.45) is 9.91. The first-order chi connectivity index (χ1) is 65.3. The predicted octanol–water partition coefficient (Wildman–Crippen LogP) is 34.3. The SMILES string of the molecule is CC1(C)c2cccc(-c3cccc4ccccc34)c2-c2ccccc2-c2ccc3c(-c4ccccc4)c(-c4ccccc4)sc3c21.c1ccc(-c2cc(-c3ccccc3)cc(N3c4ccccc4-c4ccccc4-c4cc5ccn(-c6ccccc6)c5cc43)c2)cc1.c1ccc(-n2ccc3cc4c(cc32)N(c2cc(-c3ccncc3)ccn2)c2ccccc2-c2ccccc2-4)cc1. The van der Waals surface area contributed by atoms with E-state index < -0.39 is 0 Å². The molecule has 5 aromatic heterocycles. The van der Waals surface area contributed by atoms with Crippen molar-refractivity contribution in [1.29, 1.82) is 0 Å². The molecule has 7 heteroatoms. The molecule has 0 radical (unpaired) electrons. The fourth-order valence-electron chi connectivity index (χ4n) is 20.7. The Bertz CT molecular complexity index is 8280. The Kier molecular flexibility index (Phi) is 19.7. The molecule has 0 amide bonds. The minimum atomic E-state index is -0.267. The van der Waals surface area contributed by atoms with Crippen molar-refractivity contribution in [2.75, 3.05) is 9.80 Å². The zero-order chi connectivity index (χ0) is 87.7. The summed E-state index contributed by atoms with van der Waals surface area (Å²) in [6.45, 7) is 4.87. The molecule has 0 atom stereocenters. The lowest BCUT2D eigenvalue weighted by atomic mass is 9.73. The Morgan fingerprint density at radius 2 is 0.674 bits per heavy atom. The van der Waals surface area contributed by atoms with E-state index >= 15 is 0 Å². The topological polar surface area (TPSA) is 42.1 Å². The first kappa shape index (κ1) is 78.6. The second-order valence-electron chi connectivity index (χ2n) is 34.7. The molecular formula is C125H86N6S. The standard InChI is InChI=1S/C45H32S.C44H30N2.C36H24N4/c1-45(2)39-26-14-25-36(33-24-13-20-29-15-9-10-21-32(29)33)41(39)35-23-12-11-22-34(35)37-27-28-38-40(30-16-5-3-6-17-30)43(46-44(38)42(37)45)31-18-7-4-8-19-31;1-4-14-31(15-5-1)34-26-35(32-16-6-2-7-17-32)28-37(27-34)46-42-23-13-12-22-40(42)38-20-10-11-21-39(38)41-29-33-24-25-45(43(33)30-44(41)46)36-18-8-3-9-19-36;1-2-8-28(9-3-1)39-21-17-27-22-32-30-11-5-4-10-29(30)31-12-6-7-13-33(31)40(35(32)24-34(27)39)36-23-26(16-20-38-36)25-14-18-37-19-15-25/h3-28H,1-2H3;1-30H;1-24H. The lowest BCUT2D eigenvalue weighted by Gasteiger charge is -2.30. The summed E-state index contributed by atoms with van der Waals surface area (Å²) >= 11 is 1.95. The Morgan fingerprint density at radius 1 is 0.242 bits per heavy atom. The molecule has 23 aromatic rings. The molecule has 1 aliphatic carbocycles. The highest BCUT2D eigenvalue weighted by molar-refractivity contribution is 7.23. The average Bonchev–Trinajstić information content (AvgIpc) is 1.50. The number of nitrogens with zero attached hydrogens (tertiary/aromatic N) is 6. The van der Waals surface area contributed by atoms with E-state index in [4.69, 9.17) is 4.98 Å². The second kappa shape index (κ2) is 33.1. The van der Waals surface area contributed by atoms with Crippen LogP contribution < -0.4 is 9.80 Å². The molecule has 7 heterocycles. The van der Waals surface area contributed by atoms with E-state index in [2.05, 4.69) is 493 Å². The molecule has 26 rings (SSSR count). The molecule has 0 saturated heterocycles. The van der Waals surface area contributed by atoms with Crippen molar-refractivity contribution in [1.82, 2.24) is 19.1 Å². The number of benzene rings is 18. The van der Waals surface area contributed by atoms with Gasteiger partial charge in [-0.05, 0) is 237 Å². The number of para-hydroxylation sites is 4. The van der Waals surface area contributed by atoms with E-state index in [-0.39, 0.29) is 5.41 Å². The Labute approximate surface area is 772 Å². The quantitative estimate of drug-likeness (QED) is 0.137. The molecule has 0 fully saturated rings. The average molecular weight is 1700 g/mol. The van der Waals surface area contributed by atoms with Crippen LogP contribution in [0.2, 0.25) is 0 Å². The highest BCUT2D eigenvalue weighted by atomic mass is 32.1. The summed E-state index contributed by atoms with van der Waals surface area (Å²) in [5, 5.41) is 6.29. The van der Waals surface area contributed by atoms with Crippen LogP contribution in [0.5, 0.6) is 0 Å². The zero-order valence-corrected chi connectivity index (χ0v) is 73.6. The summed E-state index contributed by atoms with van der Waals surface area (Å²) in [6, 6.07) is 165. The van der Waals surface area contributed by atoms with Gasteiger partial charge in [-0.15, -0.1) is 11.3 Å². The largest absolute Gasteiger partial charge is 0.316 e. The molecular weight excluding hydrogens is 1620 g/mol. The van der Waals surface area contributed by atoms with E-state index in [0.717, 1.165) is 62.3 Å². The smallest absolute Gasteiger partial charge is 0.138 e. The summed E-state index contributed by atoms with van der Waals surface area (Å²) in [7, 11) is 0. The molecule has 3 aliphatic rings. The summed E-state index contributed by atoms with van der Waals surface area (Å²) in [5.41, 5.74) is 41.2. The van der Waals surface area contributed by atoms with Crippen LogP contribution in [0.25, 0.3) is 187 Å². The van der Waals surface area contributed by atoms with Gasteiger partial charge in [-0.2, -0.15) is 0 Å². The van der Waals surface area contributed by atoms with Gasteiger partial charge in [0.15, 0.2) is 0 Å². The Balaban J connectivity index is 0.000000110. The van der Waals surface area contributed by atoms with Gasteiger partial charge < -0.3 is 14.0 Å². The molecule has 0 unspecified atom stereocenters. The van der Waals surface area contributed by atoms with E-state index in [9.17, 15) is 0 Å². The molecule has 0 N–H and O–H groups in total. The third kappa shape index (κ3) is 13.7. The second-order valence-corrected chi connectivity index (χ2v) is 35.7. The molecule has 0 saturated carbocycles. The number of aromatic nitrogens is 4. The lowest BCUT2D eigenvalue weighted by molar-refractivity contribution is 0.653. The Morgan fingerprint density at radius 3 is 1.25 bits per heavy atom. The van der Waals surface area contributed by atoms with Gasteiger partial charge >= 0.3 is 0 Å². The van der Waals surface area contributed by atoms with Gasteiger partial charge in [0.1, 0.15) is 5.82 Å². The maximum Gasteiger partial charge on any atom is 0.138 e. The fraction of sp³-hybridized carbons (Fsp3) is 0.0240. The van der Waals surface area contributed by atoms with Crippen molar-refractivity contribution < 1.29 is 0 Å². The van der Waals surface area contributed by atoms with Crippen molar-refractivity contribution >= 4 is 88.3 Å². The van der Waals surface area contributed by atoms with Crippen molar-refractivity contribution in [2.24, 2.45) is 0 Å². The third-order valence-corrected chi connectivity index (χ3v) is 28.0. The minimum Gasteiger partial charge on any atom is -0.316 e. The van der Waals surface area contributed by atoms with Crippen molar-refractivity contribution in [2.45, 2.75) is 19.3 Å². The number of rotatable bonds is 10. The molecule has 6 nitrogen and oxygen atoms in total. The number of hydrogen-bond acceptors (Lipinski definition) is 5. The van der Waals surface area contributed by atoms with E-state index in [1.54, 1.807) is 0 Å². The van der Waals surface area contributed by atoms with Crippen LogP contribution in [0.15, 0.2) is 486 Å². The van der Waals surface area contributed by atoms with Gasteiger partial charge in [-0.1, -0.05) is 354 Å². The normalized spacial score (nSPS) is 12.3. The van der Waals surface area contributed by atoms with E-state index in [1.165, 1.54) is 170 Å². The van der Waals surface area contributed by atoms with Crippen LogP contribution in [0.1, 0.15) is 25.0 Å². The number of pyridine rings is 2. The maximum absolute atomic E-state index is 4.94. The molecule has 0 bridgehead atoms. The summed E-state index contributed by atoms with van der Waals surface area (Å²) in [4.78, 5) is 15.3. The maximum atomic E-state index is 4.94. The first-order valence-corrected chi connectivity index (χ1v) is 46.0. The van der Waals surface area contributed by atoms with Gasteiger partial charge in [-0.25, -0.2) is 4.98 Å². The van der Waals surface area contributed by atoms with Gasteiger partial charge in [0.2, 0.25) is 0 Å². The van der Waals surface area contributed by atoms with Gasteiger partial charge in [0.05, 0.1) is 33.8 Å². The molecule has 2 aliphatic heterocycles. The lowest BCUT2D eigenvalue weighted by Crippen LogP contribution is -2.20. The van der Waals surface area contributed by atoms with Gasteiger partial charge in [0, 0.05) is 107 Å². The molecule has 18 aromatic carbocycles. The summed E-state index contributed by atoms with van der Waals surface area (Å²) < 4.78 is 5.93. The Hall–Kier alpha value is -16.8. The monoisotopic (exact) mass is 1700 g/mol. The van der Waals surface area contributed by atoms with Gasteiger partial charge in [0.25, 0.3) is 0 Å². The number of hydrogen-bond donors (Lipinski definition) is 0.